The molecule has 27 heavy (non-hydrogen) atoms. The number of benzene rings is 2. The maximum Gasteiger partial charge on any atom is 0.324 e. The van der Waals surface area contributed by atoms with E-state index in [4.69, 9.17) is 9.47 Å². The minimum Gasteiger partial charge on any atom is -0.496 e. The van der Waals surface area contributed by atoms with Crippen molar-refractivity contribution in [1.82, 2.24) is 10.9 Å². The number of hydrazine groups is 1. The zero-order valence-corrected chi connectivity index (χ0v) is 15.3. The van der Waals surface area contributed by atoms with Crippen molar-refractivity contribution in [2.75, 3.05) is 14.2 Å². The van der Waals surface area contributed by atoms with Crippen molar-refractivity contribution in [2.24, 2.45) is 0 Å². The Morgan fingerprint density at radius 3 is 2.19 bits per heavy atom. The first kappa shape index (κ1) is 20.4. The fourth-order valence-corrected chi connectivity index (χ4v) is 2.68. The van der Waals surface area contributed by atoms with E-state index >= 15 is 0 Å². The van der Waals surface area contributed by atoms with Crippen LogP contribution in [0.4, 0.5) is 0 Å². The Morgan fingerprint density at radius 2 is 1.56 bits per heavy atom. The minimum absolute atomic E-state index is 0.186. The van der Waals surface area contributed by atoms with Gasteiger partial charge in [0, 0.05) is 6.42 Å². The van der Waals surface area contributed by atoms with E-state index in [0.29, 0.717) is 12.2 Å². The quantitative estimate of drug-likeness (QED) is 0.430. The molecule has 0 saturated heterocycles. The Labute approximate surface area is 158 Å². The first-order chi connectivity index (χ1) is 13.0. The second kappa shape index (κ2) is 10.3. The van der Waals surface area contributed by atoms with Gasteiger partial charge in [0.15, 0.2) is 0 Å². The summed E-state index contributed by atoms with van der Waals surface area (Å²) in [7, 11) is 2.83. The average Bonchev–Trinajstić information content (AvgIpc) is 2.70. The van der Waals surface area contributed by atoms with Crippen molar-refractivity contribution >= 4 is 11.9 Å². The molecule has 7 heteroatoms. The second-order valence-corrected chi connectivity index (χ2v) is 5.96. The van der Waals surface area contributed by atoms with Gasteiger partial charge in [0.25, 0.3) is 0 Å². The Kier molecular flexibility index (Phi) is 7.79. The number of carbonyl (C=O) groups excluding carboxylic acids is 1. The van der Waals surface area contributed by atoms with Gasteiger partial charge < -0.3 is 14.6 Å². The second-order valence-electron chi connectivity index (χ2n) is 5.96. The predicted octanol–water partition coefficient (Wildman–Crippen LogP) is 1.57. The lowest BCUT2D eigenvalue weighted by atomic mass is 10.0. The maximum atomic E-state index is 12.1. The van der Waals surface area contributed by atoms with Gasteiger partial charge in [0.1, 0.15) is 17.8 Å². The number of rotatable bonds is 10. The summed E-state index contributed by atoms with van der Waals surface area (Å²) < 4.78 is 10.1. The highest BCUT2D eigenvalue weighted by Gasteiger charge is 2.24. The largest absolute Gasteiger partial charge is 0.496 e. The number of carboxylic acid groups (broad SMARTS) is 1. The summed E-state index contributed by atoms with van der Waals surface area (Å²) in [4.78, 5) is 23.7. The molecule has 0 unspecified atom stereocenters. The summed E-state index contributed by atoms with van der Waals surface area (Å²) in [5.74, 6) is -0.913. The fraction of sp³-hybridized carbons (Fsp3) is 0.300. The number of para-hydroxylation sites is 1. The Morgan fingerprint density at radius 1 is 0.926 bits per heavy atom. The molecule has 0 spiro atoms. The van der Waals surface area contributed by atoms with E-state index < -0.39 is 24.0 Å². The number of carbonyl (C=O) groups is 2. The zero-order chi connectivity index (χ0) is 19.6. The number of aliphatic carboxylic acids is 1. The molecular formula is C20H24N2O5. The van der Waals surface area contributed by atoms with E-state index in [9.17, 15) is 14.7 Å². The third-order valence-corrected chi connectivity index (χ3v) is 4.11. The lowest BCUT2D eigenvalue weighted by molar-refractivity contribution is -0.145. The average molecular weight is 372 g/mol. The first-order valence-electron chi connectivity index (χ1n) is 8.52. The van der Waals surface area contributed by atoms with Crippen molar-refractivity contribution < 1.29 is 24.2 Å². The molecule has 0 bridgehead atoms. The van der Waals surface area contributed by atoms with E-state index in [-0.39, 0.29) is 6.42 Å². The molecule has 0 aromatic heterocycles. The van der Waals surface area contributed by atoms with Crippen molar-refractivity contribution in [3.05, 3.63) is 65.7 Å². The molecule has 2 rings (SSSR count). The highest BCUT2D eigenvalue weighted by Crippen LogP contribution is 2.19. The Balaban J connectivity index is 2.07. The van der Waals surface area contributed by atoms with Crippen LogP contribution in [0.2, 0.25) is 0 Å². The van der Waals surface area contributed by atoms with Gasteiger partial charge in [-0.2, -0.15) is 0 Å². The van der Waals surface area contributed by atoms with Crippen LogP contribution in [-0.4, -0.2) is 43.3 Å². The lowest BCUT2D eigenvalue weighted by Crippen LogP contribution is -2.54. The lowest BCUT2D eigenvalue weighted by Gasteiger charge is -2.21. The van der Waals surface area contributed by atoms with Crippen LogP contribution >= 0.6 is 0 Å². The van der Waals surface area contributed by atoms with Crippen LogP contribution in [0.3, 0.4) is 0 Å². The number of esters is 1. The van der Waals surface area contributed by atoms with Crippen molar-refractivity contribution in [3.8, 4) is 5.75 Å². The van der Waals surface area contributed by atoms with Crippen molar-refractivity contribution in [2.45, 2.75) is 24.9 Å². The molecule has 3 N–H and O–H groups in total. The fourth-order valence-electron chi connectivity index (χ4n) is 2.68. The van der Waals surface area contributed by atoms with Gasteiger partial charge >= 0.3 is 11.9 Å². The number of hydrogen-bond acceptors (Lipinski definition) is 6. The number of nitrogens with one attached hydrogen (secondary N) is 2. The van der Waals surface area contributed by atoms with E-state index in [1.807, 2.05) is 42.5 Å². The van der Waals surface area contributed by atoms with E-state index in [0.717, 1.165) is 11.1 Å². The highest BCUT2D eigenvalue weighted by molar-refractivity contribution is 5.76. The third kappa shape index (κ3) is 6.09. The molecule has 0 fully saturated rings. The Bertz CT molecular complexity index is 751. The summed E-state index contributed by atoms with van der Waals surface area (Å²) >= 11 is 0. The van der Waals surface area contributed by atoms with Gasteiger partial charge in [-0.3, -0.25) is 9.59 Å². The van der Waals surface area contributed by atoms with Gasteiger partial charge in [-0.25, -0.2) is 10.9 Å². The highest BCUT2D eigenvalue weighted by atomic mass is 16.5. The van der Waals surface area contributed by atoms with Gasteiger partial charge in [-0.05, 0) is 23.6 Å². The third-order valence-electron chi connectivity index (χ3n) is 4.11. The standard InChI is InChI=1S/C20H24N2O5/c1-26-18-11-7-6-10-15(18)13-16(19(23)24)21-22-17(20(25)27-2)12-14-8-4-3-5-9-14/h3-11,16-17,21-22H,12-13H2,1-2H3,(H,23,24)/t16-,17-/m0/s1. The normalized spacial score (nSPS) is 12.8. The van der Waals surface area contributed by atoms with Crippen LogP contribution in [0, 0.1) is 0 Å². The van der Waals surface area contributed by atoms with Gasteiger partial charge in [-0.15, -0.1) is 0 Å². The van der Waals surface area contributed by atoms with E-state index in [1.165, 1.54) is 14.2 Å². The van der Waals surface area contributed by atoms with Crippen LogP contribution in [0.15, 0.2) is 54.6 Å². The molecule has 0 heterocycles. The summed E-state index contributed by atoms with van der Waals surface area (Å²) in [5.41, 5.74) is 7.24. The van der Waals surface area contributed by atoms with Crippen LogP contribution in [0.25, 0.3) is 0 Å². The molecular weight excluding hydrogens is 348 g/mol. The monoisotopic (exact) mass is 372 g/mol. The van der Waals surface area contributed by atoms with Crippen LogP contribution in [0.1, 0.15) is 11.1 Å². The molecule has 2 atom stereocenters. The van der Waals surface area contributed by atoms with Crippen molar-refractivity contribution in [1.29, 1.82) is 0 Å². The molecule has 7 nitrogen and oxygen atoms in total. The van der Waals surface area contributed by atoms with Crippen LogP contribution in [0.5, 0.6) is 5.75 Å². The number of hydrogen-bond donors (Lipinski definition) is 3. The summed E-state index contributed by atoms with van der Waals surface area (Å²) in [6.45, 7) is 0. The molecule has 0 amide bonds. The van der Waals surface area contributed by atoms with E-state index in [2.05, 4.69) is 10.9 Å². The smallest absolute Gasteiger partial charge is 0.324 e. The molecule has 2 aromatic carbocycles. The molecule has 144 valence electrons. The van der Waals surface area contributed by atoms with E-state index in [1.54, 1.807) is 12.1 Å². The summed E-state index contributed by atoms with van der Waals surface area (Å²) in [6.07, 6.45) is 0.549. The maximum absolute atomic E-state index is 12.1. The zero-order valence-electron chi connectivity index (χ0n) is 15.3. The first-order valence-corrected chi connectivity index (χ1v) is 8.52. The summed E-state index contributed by atoms with van der Waals surface area (Å²) in [5, 5.41) is 9.54. The number of ether oxygens (including phenoxy) is 2. The van der Waals surface area contributed by atoms with Crippen molar-refractivity contribution in [3.63, 3.8) is 0 Å². The van der Waals surface area contributed by atoms with Gasteiger partial charge in [0.2, 0.25) is 0 Å². The molecule has 0 saturated carbocycles. The van der Waals surface area contributed by atoms with Crippen LogP contribution < -0.4 is 15.6 Å². The topological polar surface area (TPSA) is 96.9 Å². The molecule has 2 aromatic rings. The summed E-state index contributed by atoms with van der Waals surface area (Å²) in [6, 6.07) is 14.9. The number of carboxylic acids is 1. The SMILES string of the molecule is COC(=O)[C@H](Cc1ccccc1)NN[C@@H](Cc1ccccc1OC)C(=O)O. The Hall–Kier alpha value is -2.90. The van der Waals surface area contributed by atoms with Gasteiger partial charge in [0.05, 0.1) is 14.2 Å². The molecule has 0 radical (unpaired) electrons. The van der Waals surface area contributed by atoms with Gasteiger partial charge in [-0.1, -0.05) is 48.5 Å². The molecule has 0 aliphatic carbocycles. The minimum atomic E-state index is -1.04. The predicted molar refractivity (Wildman–Crippen MR) is 100 cm³/mol. The molecule has 0 aliphatic rings. The van der Waals surface area contributed by atoms with Crippen LogP contribution in [-0.2, 0) is 27.2 Å². The molecule has 0 aliphatic heterocycles. The number of methoxy groups -OCH3 is 2.